The maximum Gasteiger partial charge on any atom is 0.274 e. The molecule has 1 amide bonds. The van der Waals surface area contributed by atoms with Crippen LogP contribution in [0.2, 0.25) is 10.0 Å². The van der Waals surface area contributed by atoms with Crippen molar-refractivity contribution in [2.24, 2.45) is 4.99 Å². The van der Waals surface area contributed by atoms with Crippen molar-refractivity contribution in [2.45, 2.75) is 19.1 Å². The van der Waals surface area contributed by atoms with Crippen LogP contribution in [0.25, 0.3) is 5.69 Å². The number of hydrogen-bond acceptors (Lipinski definition) is 4. The molecule has 1 aromatic heterocycles. The molecule has 1 fully saturated rings. The fourth-order valence-corrected chi connectivity index (χ4v) is 4.37. The van der Waals surface area contributed by atoms with Crippen LogP contribution >= 0.6 is 23.2 Å². The number of aliphatic hydroxyl groups is 1. The van der Waals surface area contributed by atoms with Crippen molar-refractivity contribution in [1.82, 2.24) is 14.5 Å². The number of rotatable bonds is 2. The molecule has 10 heteroatoms. The Kier molecular flexibility index (Phi) is 5.03. The Bertz CT molecular complexity index is 1280. The summed E-state index contributed by atoms with van der Waals surface area (Å²) in [4.78, 5) is 23.3. The predicted octanol–water partition coefficient (Wildman–Crippen LogP) is 4.19. The zero-order valence-corrected chi connectivity index (χ0v) is 18.2. The number of aromatic nitrogens is 2. The summed E-state index contributed by atoms with van der Waals surface area (Å²) in [6.45, 7) is 2.19. The molecule has 32 heavy (non-hydrogen) atoms. The molecular formula is C22H16Cl2F2N4O2. The molecule has 1 saturated heterocycles. The smallest absolute Gasteiger partial charge is 0.274 e. The number of amides is 1. The highest BCUT2D eigenvalue weighted by Gasteiger charge is 2.34. The third kappa shape index (κ3) is 3.21. The van der Waals surface area contributed by atoms with Gasteiger partial charge in [-0.05, 0) is 31.2 Å². The van der Waals surface area contributed by atoms with Crippen LogP contribution in [0.3, 0.4) is 0 Å². The zero-order chi connectivity index (χ0) is 22.7. The second-order valence-corrected chi connectivity index (χ2v) is 8.51. The number of carbonyl (C=O) groups is 1. The number of aliphatic imine (C=N–C) groups is 1. The number of aliphatic hydroxyl groups excluding tert-OH is 1. The highest BCUT2D eigenvalue weighted by atomic mass is 35.5. The highest BCUT2D eigenvalue weighted by Crippen LogP contribution is 2.38. The molecule has 3 aromatic rings. The minimum absolute atomic E-state index is 0.0137. The fraction of sp³-hybridized carbons (Fsp3) is 0.227. The average molecular weight is 477 g/mol. The second kappa shape index (κ2) is 7.65. The number of benzene rings is 2. The van der Waals surface area contributed by atoms with Crippen LogP contribution < -0.4 is 0 Å². The maximum absolute atomic E-state index is 14.7. The van der Waals surface area contributed by atoms with E-state index < -0.39 is 23.8 Å². The fourth-order valence-electron chi connectivity index (χ4n) is 3.96. The van der Waals surface area contributed by atoms with Gasteiger partial charge in [-0.2, -0.15) is 0 Å². The first-order valence-electron chi connectivity index (χ1n) is 9.83. The Morgan fingerprint density at radius 2 is 1.81 bits per heavy atom. The Hall–Kier alpha value is -2.81. The minimum atomic E-state index is -0.787. The van der Waals surface area contributed by atoms with Crippen LogP contribution in [0.5, 0.6) is 0 Å². The predicted molar refractivity (Wildman–Crippen MR) is 116 cm³/mol. The Morgan fingerprint density at radius 3 is 2.47 bits per heavy atom. The number of β-amino-alcohol motifs (C(OH)–C–C–N with tert-alkyl or cyclic N) is 1. The normalized spacial score (nSPS) is 17.9. The Labute approximate surface area is 191 Å². The lowest BCUT2D eigenvalue weighted by Crippen LogP contribution is -2.53. The molecule has 2 aliphatic heterocycles. The number of halogens is 4. The van der Waals surface area contributed by atoms with Crippen molar-refractivity contribution in [2.75, 3.05) is 13.1 Å². The van der Waals surface area contributed by atoms with Crippen LogP contribution in [-0.2, 0) is 0 Å². The lowest BCUT2D eigenvalue weighted by atomic mass is 9.99. The summed E-state index contributed by atoms with van der Waals surface area (Å²) in [6.07, 6.45) is 1.00. The summed E-state index contributed by atoms with van der Waals surface area (Å²) in [6, 6.07) is 6.10. The first-order valence-corrected chi connectivity index (χ1v) is 10.6. The third-order valence-electron chi connectivity index (χ3n) is 5.57. The summed E-state index contributed by atoms with van der Waals surface area (Å²) in [7, 11) is 0. The minimum Gasteiger partial charge on any atom is -0.389 e. The molecule has 2 aliphatic rings. The summed E-state index contributed by atoms with van der Waals surface area (Å²) < 4.78 is 31.1. The van der Waals surface area contributed by atoms with E-state index >= 15 is 0 Å². The molecule has 6 nitrogen and oxygen atoms in total. The van der Waals surface area contributed by atoms with Gasteiger partial charge in [0.25, 0.3) is 5.91 Å². The number of fused-ring (bicyclic) bond motifs is 3. The third-order valence-corrected chi connectivity index (χ3v) is 6.37. The second-order valence-electron chi connectivity index (χ2n) is 7.72. The van der Waals surface area contributed by atoms with Crippen LogP contribution in [0.1, 0.15) is 40.4 Å². The first kappa shape index (κ1) is 21.1. The van der Waals surface area contributed by atoms with Gasteiger partial charge in [0, 0.05) is 24.8 Å². The molecule has 0 saturated carbocycles. The number of hydrogen-bond donors (Lipinski definition) is 1. The maximum atomic E-state index is 14.7. The van der Waals surface area contributed by atoms with E-state index in [-0.39, 0.29) is 51.6 Å². The molecule has 3 heterocycles. The van der Waals surface area contributed by atoms with Crippen molar-refractivity contribution >= 4 is 34.8 Å². The van der Waals surface area contributed by atoms with E-state index in [4.69, 9.17) is 23.2 Å². The summed E-state index contributed by atoms with van der Waals surface area (Å²) in [5, 5.41) is 9.77. The zero-order valence-electron chi connectivity index (χ0n) is 16.7. The van der Waals surface area contributed by atoms with Crippen LogP contribution in [0.4, 0.5) is 8.78 Å². The Balaban J connectivity index is 1.73. The van der Waals surface area contributed by atoms with Gasteiger partial charge in [0.1, 0.15) is 29.2 Å². The van der Waals surface area contributed by atoms with Crippen molar-refractivity contribution < 1.29 is 18.7 Å². The molecule has 0 spiro atoms. The Morgan fingerprint density at radius 1 is 1.12 bits per heavy atom. The van der Waals surface area contributed by atoms with Crippen LogP contribution in [0, 0.1) is 11.6 Å². The van der Waals surface area contributed by atoms with Crippen molar-refractivity contribution in [3.8, 4) is 5.69 Å². The summed E-state index contributed by atoms with van der Waals surface area (Å²) in [5.41, 5.74) is 0.549. The quantitative estimate of drug-likeness (QED) is 0.602. The lowest BCUT2D eigenvalue weighted by Gasteiger charge is -2.35. The number of nitrogens with zero attached hydrogens (tertiary/aromatic N) is 4. The summed E-state index contributed by atoms with van der Waals surface area (Å²) >= 11 is 12.8. The van der Waals surface area contributed by atoms with E-state index in [1.807, 2.05) is 0 Å². The molecule has 0 radical (unpaired) electrons. The molecule has 0 aliphatic carbocycles. The average Bonchev–Trinajstić information content (AvgIpc) is 3.13. The van der Waals surface area contributed by atoms with Gasteiger partial charge in [-0.25, -0.2) is 13.8 Å². The molecule has 2 aromatic carbocycles. The van der Waals surface area contributed by atoms with Gasteiger partial charge < -0.3 is 14.6 Å². The van der Waals surface area contributed by atoms with E-state index in [0.29, 0.717) is 11.5 Å². The first-order chi connectivity index (χ1) is 15.3. The summed E-state index contributed by atoms with van der Waals surface area (Å²) in [5.74, 6) is -1.50. The van der Waals surface area contributed by atoms with Crippen LogP contribution in [-0.4, -0.2) is 50.4 Å². The van der Waals surface area contributed by atoms with Crippen molar-refractivity contribution in [3.05, 3.63) is 80.9 Å². The van der Waals surface area contributed by atoms with Gasteiger partial charge in [0.15, 0.2) is 0 Å². The highest BCUT2D eigenvalue weighted by molar-refractivity contribution is 6.45. The van der Waals surface area contributed by atoms with Gasteiger partial charge in [-0.1, -0.05) is 29.3 Å². The number of likely N-dealkylation sites (tertiary alicyclic amines) is 1. The van der Waals surface area contributed by atoms with E-state index in [0.717, 1.165) is 12.1 Å². The van der Waals surface area contributed by atoms with Gasteiger partial charge in [0.2, 0.25) is 0 Å². The van der Waals surface area contributed by atoms with E-state index in [2.05, 4.69) is 9.98 Å². The van der Waals surface area contributed by atoms with Gasteiger partial charge in [-0.3, -0.25) is 9.79 Å². The van der Waals surface area contributed by atoms with Gasteiger partial charge in [0.05, 0.1) is 33.1 Å². The van der Waals surface area contributed by atoms with Crippen molar-refractivity contribution in [1.29, 1.82) is 0 Å². The molecule has 1 atom stereocenters. The molecule has 164 valence electrons. The van der Waals surface area contributed by atoms with E-state index in [1.54, 1.807) is 23.6 Å². The molecule has 5 rings (SSSR count). The SMILES string of the molecule is C[C@@H]1N=C(c2c(F)cccc2F)c2c(ccc(Cl)c2Cl)-n2cc(C(=O)N3CC(O)C3)nc21. The van der Waals surface area contributed by atoms with Crippen LogP contribution in [0.15, 0.2) is 41.5 Å². The largest absolute Gasteiger partial charge is 0.389 e. The van der Waals surface area contributed by atoms with E-state index in [1.165, 1.54) is 17.2 Å². The number of carbonyl (C=O) groups excluding carboxylic acids is 1. The van der Waals surface area contributed by atoms with Gasteiger partial charge >= 0.3 is 0 Å². The lowest BCUT2D eigenvalue weighted by molar-refractivity contribution is 0.00552. The van der Waals surface area contributed by atoms with Gasteiger partial charge in [-0.15, -0.1) is 0 Å². The number of imidazole rings is 1. The topological polar surface area (TPSA) is 70.7 Å². The van der Waals surface area contributed by atoms with Crippen molar-refractivity contribution in [3.63, 3.8) is 0 Å². The molecule has 0 unspecified atom stereocenters. The van der Waals surface area contributed by atoms with E-state index in [9.17, 15) is 18.7 Å². The standard InChI is InChI=1S/C22H16Cl2F2N4O2/c1-10-21-28-15(22(32)29-7-11(31)8-29)9-30(21)16-6-5-12(23)19(24)18(16)20(27-10)17-13(25)3-2-4-14(17)26/h2-6,9-11,31H,7-8H2,1H3/t10-/m0/s1. The molecular weight excluding hydrogens is 461 g/mol. The molecule has 1 N–H and O–H groups in total. The molecule has 0 bridgehead atoms. The monoisotopic (exact) mass is 476 g/mol.